The van der Waals surface area contributed by atoms with E-state index in [0.717, 1.165) is 28.3 Å². The van der Waals surface area contributed by atoms with Crippen LogP contribution in [0.3, 0.4) is 0 Å². The lowest BCUT2D eigenvalue weighted by molar-refractivity contribution is 0.102. The highest BCUT2D eigenvalue weighted by molar-refractivity contribution is 7.91. The Kier molecular flexibility index (Phi) is 7.52. The number of hydrogen-bond donors (Lipinski definition) is 2. The fourth-order valence-electron chi connectivity index (χ4n) is 4.36. The first-order valence-corrected chi connectivity index (χ1v) is 14.2. The summed E-state index contributed by atoms with van der Waals surface area (Å²) in [5.41, 5.74) is 4.09. The number of carbonyl (C=O) groups excluding carboxylic acids is 1. The van der Waals surface area contributed by atoms with E-state index in [0.29, 0.717) is 43.1 Å². The number of benzene rings is 3. The van der Waals surface area contributed by atoms with Crippen molar-refractivity contribution in [2.24, 2.45) is 0 Å². The summed E-state index contributed by atoms with van der Waals surface area (Å²) >= 11 is 0. The first-order valence-electron chi connectivity index (χ1n) is 12.3. The number of amides is 1. The normalized spacial score (nSPS) is 15.2. The summed E-state index contributed by atoms with van der Waals surface area (Å²) < 4.78 is 28.6. The first kappa shape index (κ1) is 25.6. The molecule has 196 valence electrons. The predicted octanol–water partition coefficient (Wildman–Crippen LogP) is 3.55. The van der Waals surface area contributed by atoms with Gasteiger partial charge in [-0.2, -0.15) is 5.10 Å². The minimum atomic E-state index is -2.92. The summed E-state index contributed by atoms with van der Waals surface area (Å²) in [6.07, 6.45) is 0.605. The van der Waals surface area contributed by atoms with Gasteiger partial charge in [-0.3, -0.25) is 14.8 Å². The topological polar surface area (TPSA) is 117 Å². The Morgan fingerprint density at radius 2 is 1.74 bits per heavy atom. The molecule has 4 aromatic rings. The Morgan fingerprint density at radius 1 is 1.00 bits per heavy atom. The van der Waals surface area contributed by atoms with Crippen LogP contribution < -0.4 is 10.1 Å². The fraction of sp³-hybridized carbons (Fsp3) is 0.250. The molecule has 0 spiro atoms. The van der Waals surface area contributed by atoms with E-state index >= 15 is 0 Å². The molecule has 1 fully saturated rings. The lowest BCUT2D eigenvalue weighted by Gasteiger charge is -2.26. The standard InChI is InChI=1S/C28H29N5O4S/c1-37-25-7-3-4-20(17-25)18-26-30-27(32-31-26)22-8-10-24(11-9-22)29-28(34)23-6-2-5-21(16-23)19-33-12-14-38(35,36)15-13-33/h2-11,16-17H,12-15,18-19H2,1H3,(H,29,34)(H,30,31,32). The zero-order valence-electron chi connectivity index (χ0n) is 21.1. The number of ether oxygens (including phenoxy) is 1. The van der Waals surface area contributed by atoms with Crippen molar-refractivity contribution in [3.63, 3.8) is 0 Å². The van der Waals surface area contributed by atoms with Gasteiger partial charge in [-0.1, -0.05) is 24.3 Å². The van der Waals surface area contributed by atoms with Crippen molar-refractivity contribution in [1.82, 2.24) is 20.1 Å². The maximum Gasteiger partial charge on any atom is 0.255 e. The third-order valence-corrected chi connectivity index (χ3v) is 8.08. The maximum absolute atomic E-state index is 12.9. The number of nitrogens with zero attached hydrogens (tertiary/aromatic N) is 3. The molecule has 1 aliphatic heterocycles. The Bertz CT molecular complexity index is 1520. The number of rotatable bonds is 8. The van der Waals surface area contributed by atoms with E-state index in [9.17, 15) is 13.2 Å². The average molecular weight is 532 g/mol. The van der Waals surface area contributed by atoms with Gasteiger partial charge in [0.2, 0.25) is 0 Å². The number of hydrogen-bond acceptors (Lipinski definition) is 7. The summed E-state index contributed by atoms with van der Waals surface area (Å²) in [7, 11) is -1.28. The van der Waals surface area contributed by atoms with Crippen LogP contribution in [0.1, 0.15) is 27.3 Å². The van der Waals surface area contributed by atoms with Crippen molar-refractivity contribution < 1.29 is 17.9 Å². The van der Waals surface area contributed by atoms with Gasteiger partial charge in [-0.05, 0) is 59.7 Å². The van der Waals surface area contributed by atoms with Gasteiger partial charge in [0.1, 0.15) is 11.6 Å². The monoisotopic (exact) mass is 531 g/mol. The van der Waals surface area contributed by atoms with E-state index in [-0.39, 0.29) is 17.4 Å². The zero-order valence-corrected chi connectivity index (χ0v) is 21.9. The lowest BCUT2D eigenvalue weighted by Crippen LogP contribution is -2.39. The molecule has 0 unspecified atom stereocenters. The molecule has 0 aliphatic carbocycles. The zero-order chi connectivity index (χ0) is 26.5. The van der Waals surface area contributed by atoms with E-state index in [4.69, 9.17) is 4.74 Å². The summed E-state index contributed by atoms with van der Waals surface area (Å²) in [5, 5.41) is 10.3. The van der Waals surface area contributed by atoms with Crippen molar-refractivity contribution in [3.8, 4) is 17.1 Å². The summed E-state index contributed by atoms with van der Waals surface area (Å²) in [4.78, 5) is 19.6. The van der Waals surface area contributed by atoms with Crippen molar-refractivity contribution in [2.45, 2.75) is 13.0 Å². The van der Waals surface area contributed by atoms with Gasteiger partial charge < -0.3 is 10.1 Å². The highest BCUT2D eigenvalue weighted by atomic mass is 32.2. The molecule has 0 saturated carbocycles. The van der Waals surface area contributed by atoms with Crippen molar-refractivity contribution >= 4 is 21.4 Å². The summed E-state index contributed by atoms with van der Waals surface area (Å²) in [5.74, 6) is 2.28. The SMILES string of the molecule is COc1cccc(Cc2nc(-c3ccc(NC(=O)c4cccc(CN5CCS(=O)(=O)CC5)c4)cc3)n[nH]2)c1. The molecule has 5 rings (SSSR count). The second-order valence-corrected chi connectivity index (χ2v) is 11.6. The molecule has 1 saturated heterocycles. The highest BCUT2D eigenvalue weighted by Crippen LogP contribution is 2.21. The number of aromatic nitrogens is 3. The van der Waals surface area contributed by atoms with Gasteiger partial charge in [-0.25, -0.2) is 13.4 Å². The molecule has 2 heterocycles. The second-order valence-electron chi connectivity index (χ2n) is 9.29. The molecule has 0 bridgehead atoms. The molecule has 0 atom stereocenters. The molecule has 1 amide bonds. The van der Waals surface area contributed by atoms with Gasteiger partial charge >= 0.3 is 0 Å². The molecule has 1 aliphatic rings. The van der Waals surface area contributed by atoms with E-state index in [1.54, 1.807) is 13.2 Å². The van der Waals surface area contributed by atoms with E-state index in [2.05, 4.69) is 25.4 Å². The fourth-order valence-corrected chi connectivity index (χ4v) is 5.64. The van der Waals surface area contributed by atoms with Crippen LogP contribution in [0.4, 0.5) is 5.69 Å². The van der Waals surface area contributed by atoms with E-state index < -0.39 is 9.84 Å². The molecule has 38 heavy (non-hydrogen) atoms. The number of nitrogens with one attached hydrogen (secondary N) is 2. The van der Waals surface area contributed by atoms with Crippen LogP contribution in [0.25, 0.3) is 11.4 Å². The first-order chi connectivity index (χ1) is 18.4. The van der Waals surface area contributed by atoms with Gasteiger partial charge in [-0.15, -0.1) is 0 Å². The number of H-pyrrole nitrogens is 1. The largest absolute Gasteiger partial charge is 0.497 e. The molecule has 9 nitrogen and oxygen atoms in total. The van der Waals surface area contributed by atoms with Crippen molar-refractivity contribution in [1.29, 1.82) is 0 Å². The number of carbonyl (C=O) groups is 1. The molecule has 1 aromatic heterocycles. The minimum Gasteiger partial charge on any atom is -0.497 e. The third-order valence-electron chi connectivity index (χ3n) is 6.47. The predicted molar refractivity (Wildman–Crippen MR) is 146 cm³/mol. The van der Waals surface area contributed by atoms with Gasteiger partial charge in [0, 0.05) is 42.9 Å². The van der Waals surface area contributed by atoms with Crippen LogP contribution in [0, 0.1) is 0 Å². The molecule has 0 radical (unpaired) electrons. The summed E-state index contributed by atoms with van der Waals surface area (Å²) in [6.45, 7) is 1.64. The second kappa shape index (κ2) is 11.2. The van der Waals surface area contributed by atoms with Gasteiger partial charge in [0.05, 0.1) is 18.6 Å². The molecule has 10 heteroatoms. The summed E-state index contributed by atoms with van der Waals surface area (Å²) in [6, 6.07) is 22.6. The number of aromatic amines is 1. The number of methoxy groups -OCH3 is 1. The van der Waals surface area contributed by atoms with Crippen molar-refractivity contribution in [3.05, 3.63) is 95.3 Å². The highest BCUT2D eigenvalue weighted by Gasteiger charge is 2.21. The maximum atomic E-state index is 12.9. The van der Waals surface area contributed by atoms with Crippen LogP contribution in [0.15, 0.2) is 72.8 Å². The lowest BCUT2D eigenvalue weighted by atomic mass is 10.1. The molecular formula is C28H29N5O4S. The Balaban J connectivity index is 1.19. The van der Waals surface area contributed by atoms with E-state index in [1.807, 2.05) is 66.7 Å². The van der Waals surface area contributed by atoms with Crippen LogP contribution in [0.5, 0.6) is 5.75 Å². The molecular weight excluding hydrogens is 502 g/mol. The van der Waals surface area contributed by atoms with Gasteiger partial charge in [0.25, 0.3) is 5.91 Å². The minimum absolute atomic E-state index is 0.181. The quantitative estimate of drug-likeness (QED) is 0.357. The molecule has 3 aromatic carbocycles. The Hall–Kier alpha value is -4.02. The smallest absolute Gasteiger partial charge is 0.255 e. The number of anilines is 1. The average Bonchev–Trinajstić information content (AvgIpc) is 3.39. The molecule has 2 N–H and O–H groups in total. The third kappa shape index (κ3) is 6.45. The van der Waals surface area contributed by atoms with Crippen LogP contribution >= 0.6 is 0 Å². The van der Waals surface area contributed by atoms with Crippen LogP contribution in [-0.2, 0) is 22.8 Å². The van der Waals surface area contributed by atoms with Gasteiger partial charge in [0.15, 0.2) is 15.7 Å². The van der Waals surface area contributed by atoms with E-state index in [1.165, 1.54) is 0 Å². The van der Waals surface area contributed by atoms with Crippen molar-refractivity contribution in [2.75, 3.05) is 37.0 Å². The van der Waals surface area contributed by atoms with Crippen LogP contribution in [-0.4, -0.2) is 66.1 Å². The van der Waals surface area contributed by atoms with Crippen LogP contribution in [0.2, 0.25) is 0 Å². The Labute approximate surface area is 221 Å². The number of sulfone groups is 1. The Morgan fingerprint density at radius 3 is 2.50 bits per heavy atom.